The number of nitrogens with one attached hydrogen (secondary N) is 2. The van der Waals surface area contributed by atoms with Crippen LogP contribution in [0.15, 0.2) is 18.2 Å². The zero-order chi connectivity index (χ0) is 16.1. The van der Waals surface area contributed by atoms with Crippen LogP contribution in [0.2, 0.25) is 0 Å². The molecule has 0 radical (unpaired) electrons. The smallest absolute Gasteiger partial charge is 0.340 e. The second kappa shape index (κ2) is 7.45. The van der Waals surface area contributed by atoms with Crippen LogP contribution >= 0.6 is 12.2 Å². The van der Waals surface area contributed by atoms with Gasteiger partial charge < -0.3 is 10.6 Å². The van der Waals surface area contributed by atoms with E-state index in [2.05, 4.69) is 36.6 Å². The molecule has 2 N–H and O–H groups in total. The third-order valence-corrected chi connectivity index (χ3v) is 4.36. The number of hydrogen-bond donors (Lipinski definition) is 2. The molecule has 0 bridgehead atoms. The fourth-order valence-electron chi connectivity index (χ4n) is 2.74. The Morgan fingerprint density at radius 1 is 1.18 bits per heavy atom. The highest BCUT2D eigenvalue weighted by Crippen LogP contribution is 2.24. The Kier molecular flexibility index (Phi) is 5.60. The number of nitrogens with zero attached hydrogens (tertiary/aromatic N) is 2. The molecular formula is C16H24N4OS. The minimum atomic E-state index is -0.120. The van der Waals surface area contributed by atoms with Crippen molar-refractivity contribution in [1.82, 2.24) is 15.3 Å². The Morgan fingerprint density at radius 3 is 2.32 bits per heavy atom. The Morgan fingerprint density at radius 2 is 1.77 bits per heavy atom. The number of rotatable bonds is 3. The highest BCUT2D eigenvalue weighted by atomic mass is 32.1. The molecule has 1 aromatic carbocycles. The number of benzene rings is 1. The summed E-state index contributed by atoms with van der Waals surface area (Å²) in [5.74, 6) is 0. The van der Waals surface area contributed by atoms with E-state index in [1.165, 1.54) is 0 Å². The molecule has 5 nitrogen and oxygen atoms in total. The highest BCUT2D eigenvalue weighted by molar-refractivity contribution is 7.80. The molecule has 1 aliphatic heterocycles. The van der Waals surface area contributed by atoms with Crippen LogP contribution in [0, 0.1) is 0 Å². The van der Waals surface area contributed by atoms with Crippen molar-refractivity contribution >= 4 is 29.0 Å². The van der Waals surface area contributed by atoms with Crippen LogP contribution in [0.25, 0.3) is 0 Å². The SMILES string of the molecule is CCc1cccc(CC)c1NC(=O)N1CCCN1C(=S)NC. The van der Waals surface area contributed by atoms with Crippen molar-refractivity contribution in [1.29, 1.82) is 0 Å². The number of thiocarbonyl (C=S) groups is 1. The minimum Gasteiger partial charge on any atom is -0.364 e. The first-order valence-electron chi connectivity index (χ1n) is 7.80. The fraction of sp³-hybridized carbons (Fsp3) is 0.500. The molecule has 120 valence electrons. The molecule has 2 rings (SSSR count). The van der Waals surface area contributed by atoms with E-state index >= 15 is 0 Å². The minimum absolute atomic E-state index is 0.120. The summed E-state index contributed by atoms with van der Waals surface area (Å²) in [5.41, 5.74) is 3.27. The molecule has 0 unspecified atom stereocenters. The summed E-state index contributed by atoms with van der Waals surface area (Å²) in [6.07, 6.45) is 2.70. The standard InChI is InChI=1S/C16H24N4OS/c1-4-12-8-6-9-13(5-2)14(12)18-15(21)19-10-7-11-20(19)16(22)17-3/h6,8-9H,4-5,7,10-11H2,1-3H3,(H,17,22)(H,18,21). The fourth-order valence-corrected chi connectivity index (χ4v) is 2.93. The number of anilines is 1. The van der Waals surface area contributed by atoms with Gasteiger partial charge in [-0.25, -0.2) is 9.80 Å². The third-order valence-electron chi connectivity index (χ3n) is 3.94. The number of carbonyl (C=O) groups is 1. The summed E-state index contributed by atoms with van der Waals surface area (Å²) in [4.78, 5) is 12.7. The lowest BCUT2D eigenvalue weighted by molar-refractivity contribution is 0.136. The molecule has 0 spiro atoms. The first-order valence-corrected chi connectivity index (χ1v) is 8.21. The van der Waals surface area contributed by atoms with E-state index in [4.69, 9.17) is 12.2 Å². The molecule has 22 heavy (non-hydrogen) atoms. The summed E-state index contributed by atoms with van der Waals surface area (Å²) in [7, 11) is 1.78. The number of urea groups is 1. The summed E-state index contributed by atoms with van der Waals surface area (Å²) in [6, 6.07) is 6.06. The van der Waals surface area contributed by atoms with Gasteiger partial charge in [0.2, 0.25) is 0 Å². The van der Waals surface area contributed by atoms with Crippen molar-refractivity contribution in [2.45, 2.75) is 33.1 Å². The summed E-state index contributed by atoms with van der Waals surface area (Å²) in [5, 5.41) is 10.1. The maximum Gasteiger partial charge on any atom is 0.340 e. The van der Waals surface area contributed by atoms with E-state index in [0.717, 1.165) is 42.6 Å². The number of hydrogen-bond acceptors (Lipinski definition) is 2. The Hall–Kier alpha value is -1.82. The van der Waals surface area contributed by atoms with Crippen molar-refractivity contribution in [3.63, 3.8) is 0 Å². The lowest BCUT2D eigenvalue weighted by Crippen LogP contribution is -2.49. The van der Waals surface area contributed by atoms with Gasteiger partial charge in [-0.05, 0) is 42.6 Å². The van der Waals surface area contributed by atoms with E-state index in [9.17, 15) is 4.79 Å². The topological polar surface area (TPSA) is 47.6 Å². The second-order valence-electron chi connectivity index (χ2n) is 5.24. The van der Waals surface area contributed by atoms with Gasteiger partial charge in [0.25, 0.3) is 0 Å². The van der Waals surface area contributed by atoms with E-state index in [1.54, 1.807) is 12.1 Å². The quantitative estimate of drug-likeness (QED) is 0.841. The molecule has 0 saturated carbocycles. The molecule has 0 aliphatic carbocycles. The number of para-hydroxylation sites is 1. The third kappa shape index (κ3) is 3.32. The molecule has 0 atom stereocenters. The van der Waals surface area contributed by atoms with E-state index in [0.29, 0.717) is 11.7 Å². The van der Waals surface area contributed by atoms with Crippen molar-refractivity contribution < 1.29 is 4.79 Å². The molecule has 2 amide bonds. The molecule has 1 saturated heterocycles. The van der Waals surface area contributed by atoms with Crippen LogP contribution in [-0.2, 0) is 12.8 Å². The molecular weight excluding hydrogens is 296 g/mol. The predicted octanol–water partition coefficient (Wildman–Crippen LogP) is 2.77. The lowest BCUT2D eigenvalue weighted by atomic mass is 10.0. The van der Waals surface area contributed by atoms with Crippen LogP contribution in [0.4, 0.5) is 10.5 Å². The maximum absolute atomic E-state index is 12.7. The van der Waals surface area contributed by atoms with Crippen LogP contribution < -0.4 is 10.6 Å². The van der Waals surface area contributed by atoms with Gasteiger partial charge in [0.15, 0.2) is 5.11 Å². The van der Waals surface area contributed by atoms with Crippen LogP contribution in [0.1, 0.15) is 31.4 Å². The molecule has 1 heterocycles. The van der Waals surface area contributed by atoms with Crippen LogP contribution in [-0.4, -0.2) is 41.3 Å². The van der Waals surface area contributed by atoms with Crippen LogP contribution in [0.5, 0.6) is 0 Å². The number of aryl methyl sites for hydroxylation is 2. The van der Waals surface area contributed by atoms with Gasteiger partial charge in [-0.3, -0.25) is 5.01 Å². The number of carbonyl (C=O) groups excluding carboxylic acids is 1. The first-order chi connectivity index (χ1) is 10.6. The van der Waals surface area contributed by atoms with Crippen molar-refractivity contribution in [3.8, 4) is 0 Å². The summed E-state index contributed by atoms with van der Waals surface area (Å²) >= 11 is 5.27. The van der Waals surface area contributed by atoms with Gasteiger partial charge in [0.1, 0.15) is 0 Å². The largest absolute Gasteiger partial charge is 0.364 e. The zero-order valence-corrected chi connectivity index (χ0v) is 14.3. The van der Waals surface area contributed by atoms with Gasteiger partial charge >= 0.3 is 6.03 Å². The average molecular weight is 320 g/mol. The monoisotopic (exact) mass is 320 g/mol. The van der Waals surface area contributed by atoms with Gasteiger partial charge in [0, 0.05) is 25.8 Å². The molecule has 1 aliphatic rings. The van der Waals surface area contributed by atoms with E-state index in [1.807, 2.05) is 11.1 Å². The normalized spacial score (nSPS) is 14.1. The molecule has 6 heteroatoms. The maximum atomic E-state index is 12.7. The number of hydrazine groups is 1. The average Bonchev–Trinajstić information content (AvgIpc) is 3.03. The van der Waals surface area contributed by atoms with Gasteiger partial charge in [-0.15, -0.1) is 0 Å². The molecule has 1 fully saturated rings. The second-order valence-corrected chi connectivity index (χ2v) is 5.63. The predicted molar refractivity (Wildman–Crippen MR) is 93.9 cm³/mol. The Bertz CT molecular complexity index is 539. The lowest BCUT2D eigenvalue weighted by Gasteiger charge is -2.30. The van der Waals surface area contributed by atoms with Crippen LogP contribution in [0.3, 0.4) is 0 Å². The van der Waals surface area contributed by atoms with Crippen molar-refractivity contribution in [2.24, 2.45) is 0 Å². The molecule has 0 aromatic heterocycles. The zero-order valence-electron chi connectivity index (χ0n) is 13.5. The van der Waals surface area contributed by atoms with Crippen molar-refractivity contribution in [3.05, 3.63) is 29.3 Å². The van der Waals surface area contributed by atoms with Gasteiger partial charge in [-0.1, -0.05) is 32.0 Å². The van der Waals surface area contributed by atoms with Gasteiger partial charge in [-0.2, -0.15) is 0 Å². The Labute approximate surface area is 137 Å². The molecule has 1 aromatic rings. The van der Waals surface area contributed by atoms with E-state index in [-0.39, 0.29) is 6.03 Å². The van der Waals surface area contributed by atoms with Gasteiger partial charge in [0.05, 0.1) is 0 Å². The van der Waals surface area contributed by atoms with E-state index < -0.39 is 0 Å². The number of amides is 2. The summed E-state index contributed by atoms with van der Waals surface area (Å²) in [6.45, 7) is 5.65. The highest BCUT2D eigenvalue weighted by Gasteiger charge is 2.28. The Balaban J connectivity index is 2.20. The first kappa shape index (κ1) is 16.5. The summed E-state index contributed by atoms with van der Waals surface area (Å²) < 4.78 is 0. The van der Waals surface area contributed by atoms with Crippen molar-refractivity contribution in [2.75, 3.05) is 25.5 Å².